The number of rotatable bonds is 1. The summed E-state index contributed by atoms with van der Waals surface area (Å²) in [6.45, 7) is 6.73. The molecule has 1 saturated heterocycles. The summed E-state index contributed by atoms with van der Waals surface area (Å²) in [5.74, 6) is 0.413. The van der Waals surface area contributed by atoms with Crippen LogP contribution in [0, 0.1) is 11.3 Å². The molecule has 108 valence electrons. The Kier molecular flexibility index (Phi) is 2.96. The molecule has 0 amide bonds. The van der Waals surface area contributed by atoms with Crippen molar-refractivity contribution in [2.45, 2.75) is 38.9 Å². The molecule has 0 aromatic heterocycles. The van der Waals surface area contributed by atoms with Gasteiger partial charge in [0, 0.05) is 11.3 Å². The molecule has 1 aliphatic carbocycles. The number of phenols is 1. The highest BCUT2D eigenvalue weighted by Crippen LogP contribution is 2.56. The quantitative estimate of drug-likeness (QED) is 0.773. The van der Waals surface area contributed by atoms with Gasteiger partial charge in [-0.1, -0.05) is 37.6 Å². The molecule has 0 radical (unpaired) electrons. The summed E-state index contributed by atoms with van der Waals surface area (Å²) in [4.78, 5) is 0. The van der Waals surface area contributed by atoms with E-state index in [1.165, 1.54) is 5.57 Å². The van der Waals surface area contributed by atoms with E-state index < -0.39 is 5.60 Å². The van der Waals surface area contributed by atoms with Crippen molar-refractivity contribution in [2.75, 3.05) is 6.61 Å². The Morgan fingerprint density at radius 1 is 1.20 bits per heavy atom. The Morgan fingerprint density at radius 2 is 1.85 bits per heavy atom. The first-order valence-corrected chi connectivity index (χ1v) is 7.15. The molecule has 1 aliphatic heterocycles. The summed E-state index contributed by atoms with van der Waals surface area (Å²) in [6, 6.07) is 7.19. The molecule has 20 heavy (non-hydrogen) atoms. The van der Waals surface area contributed by atoms with Gasteiger partial charge in [-0.25, -0.2) is 0 Å². The largest absolute Gasteiger partial charge is 0.508 e. The Bertz CT molecular complexity index is 544. The summed E-state index contributed by atoms with van der Waals surface area (Å²) in [7, 11) is 0. The molecule has 1 fully saturated rings. The predicted octanol–water partition coefficient (Wildman–Crippen LogP) is 3.19. The normalized spacial score (nSPS) is 35.5. The van der Waals surface area contributed by atoms with Crippen LogP contribution >= 0.6 is 0 Å². The zero-order chi connectivity index (χ0) is 14.5. The van der Waals surface area contributed by atoms with Crippen molar-refractivity contribution in [3.8, 4) is 5.75 Å². The smallest absolute Gasteiger partial charge is 0.115 e. The summed E-state index contributed by atoms with van der Waals surface area (Å²) >= 11 is 0. The van der Waals surface area contributed by atoms with Gasteiger partial charge in [0.25, 0.3) is 0 Å². The minimum Gasteiger partial charge on any atom is -0.508 e. The lowest BCUT2D eigenvalue weighted by Crippen LogP contribution is -2.59. The van der Waals surface area contributed by atoms with E-state index in [0.29, 0.717) is 13.0 Å². The second-order valence-electron chi connectivity index (χ2n) is 6.71. The van der Waals surface area contributed by atoms with Gasteiger partial charge in [-0.2, -0.15) is 0 Å². The van der Waals surface area contributed by atoms with Crippen LogP contribution in [0.5, 0.6) is 5.75 Å². The Balaban J connectivity index is 2.04. The van der Waals surface area contributed by atoms with Gasteiger partial charge in [-0.15, -0.1) is 0 Å². The van der Waals surface area contributed by atoms with Gasteiger partial charge >= 0.3 is 0 Å². The lowest BCUT2D eigenvalue weighted by Gasteiger charge is -2.56. The van der Waals surface area contributed by atoms with E-state index in [1.54, 1.807) is 12.1 Å². The van der Waals surface area contributed by atoms with E-state index in [0.717, 1.165) is 5.56 Å². The summed E-state index contributed by atoms with van der Waals surface area (Å²) in [6.07, 6.45) is 2.73. The van der Waals surface area contributed by atoms with Crippen molar-refractivity contribution < 1.29 is 14.9 Å². The molecule has 3 heteroatoms. The standard InChI is InChI=1S/C17H22O3/c1-11-8-9-17(19)10-20-15(14(11)16(17,2)3)12-4-6-13(18)7-5-12/h4-8,14-15,18-19H,9-10H2,1-3H3/t14-,15+,17-/m1/s1. The van der Waals surface area contributed by atoms with Gasteiger partial charge < -0.3 is 14.9 Å². The zero-order valence-electron chi connectivity index (χ0n) is 12.3. The fourth-order valence-corrected chi connectivity index (χ4v) is 3.72. The average molecular weight is 274 g/mol. The number of hydrogen-bond acceptors (Lipinski definition) is 3. The number of phenolic OH excluding ortho intramolecular Hbond substituents is 1. The van der Waals surface area contributed by atoms with E-state index >= 15 is 0 Å². The molecule has 3 atom stereocenters. The molecule has 3 nitrogen and oxygen atoms in total. The molecule has 3 rings (SSSR count). The third-order valence-corrected chi connectivity index (χ3v) is 5.26. The molecule has 2 bridgehead atoms. The molecule has 1 aromatic carbocycles. The number of benzene rings is 1. The van der Waals surface area contributed by atoms with Crippen LogP contribution in [-0.2, 0) is 4.74 Å². The van der Waals surface area contributed by atoms with Gasteiger partial charge in [0.15, 0.2) is 0 Å². The van der Waals surface area contributed by atoms with Crippen LogP contribution in [0.3, 0.4) is 0 Å². The van der Waals surface area contributed by atoms with Crippen molar-refractivity contribution in [3.63, 3.8) is 0 Å². The summed E-state index contributed by atoms with van der Waals surface area (Å²) < 4.78 is 6.01. The monoisotopic (exact) mass is 274 g/mol. The van der Waals surface area contributed by atoms with E-state index in [-0.39, 0.29) is 23.2 Å². The minimum absolute atomic E-state index is 0.0672. The molecular weight excluding hydrogens is 252 g/mol. The molecule has 1 heterocycles. The first kappa shape index (κ1) is 13.7. The van der Waals surface area contributed by atoms with E-state index in [9.17, 15) is 10.2 Å². The van der Waals surface area contributed by atoms with Gasteiger partial charge in [0.2, 0.25) is 0 Å². The molecule has 0 saturated carbocycles. The fourth-order valence-electron chi connectivity index (χ4n) is 3.72. The number of hydrogen-bond donors (Lipinski definition) is 2. The van der Waals surface area contributed by atoms with Gasteiger partial charge in [0.05, 0.1) is 18.3 Å². The van der Waals surface area contributed by atoms with Gasteiger partial charge in [-0.3, -0.25) is 0 Å². The number of fused-ring (bicyclic) bond motifs is 2. The van der Waals surface area contributed by atoms with Crippen LogP contribution in [0.2, 0.25) is 0 Å². The van der Waals surface area contributed by atoms with Crippen LogP contribution < -0.4 is 0 Å². The van der Waals surface area contributed by atoms with Crippen molar-refractivity contribution in [1.82, 2.24) is 0 Å². The molecule has 1 aromatic rings. The van der Waals surface area contributed by atoms with Crippen LogP contribution in [0.1, 0.15) is 38.9 Å². The molecule has 0 spiro atoms. The van der Waals surface area contributed by atoms with Crippen LogP contribution in [0.15, 0.2) is 35.9 Å². The average Bonchev–Trinajstić information content (AvgIpc) is 2.38. The molecular formula is C17H22O3. The molecule has 2 aliphatic rings. The van der Waals surface area contributed by atoms with E-state index in [1.807, 2.05) is 12.1 Å². The Morgan fingerprint density at radius 3 is 2.50 bits per heavy atom. The number of ether oxygens (including phenoxy) is 1. The highest BCUT2D eigenvalue weighted by Gasteiger charge is 2.57. The first-order valence-electron chi connectivity index (χ1n) is 7.15. The Hall–Kier alpha value is -1.32. The van der Waals surface area contributed by atoms with Crippen molar-refractivity contribution in [3.05, 3.63) is 41.5 Å². The molecule has 0 unspecified atom stereocenters. The van der Waals surface area contributed by atoms with Crippen LogP contribution in [-0.4, -0.2) is 22.4 Å². The van der Waals surface area contributed by atoms with Crippen molar-refractivity contribution in [1.29, 1.82) is 0 Å². The third kappa shape index (κ3) is 1.80. The van der Waals surface area contributed by atoms with Crippen molar-refractivity contribution in [2.24, 2.45) is 11.3 Å². The van der Waals surface area contributed by atoms with Crippen LogP contribution in [0.4, 0.5) is 0 Å². The van der Waals surface area contributed by atoms with Crippen molar-refractivity contribution >= 4 is 0 Å². The number of aromatic hydroxyl groups is 1. The summed E-state index contributed by atoms with van der Waals surface area (Å²) in [5.41, 5.74) is 1.31. The maximum Gasteiger partial charge on any atom is 0.115 e. The predicted molar refractivity (Wildman–Crippen MR) is 77.4 cm³/mol. The lowest BCUT2D eigenvalue weighted by atomic mass is 9.56. The SMILES string of the molecule is CC1=CC[C@@]2(O)CO[C@@H](c3ccc(O)cc3)[C@@H]1C2(C)C. The number of aliphatic hydroxyl groups is 1. The highest BCUT2D eigenvalue weighted by atomic mass is 16.5. The second kappa shape index (κ2) is 4.34. The fraction of sp³-hybridized carbons (Fsp3) is 0.529. The summed E-state index contributed by atoms with van der Waals surface area (Å²) in [5, 5.41) is 20.3. The van der Waals surface area contributed by atoms with E-state index in [4.69, 9.17) is 4.74 Å². The molecule has 2 N–H and O–H groups in total. The van der Waals surface area contributed by atoms with E-state index in [2.05, 4.69) is 26.8 Å². The third-order valence-electron chi connectivity index (χ3n) is 5.26. The van der Waals surface area contributed by atoms with Gasteiger partial charge in [-0.05, 0) is 31.0 Å². The van der Waals surface area contributed by atoms with Crippen LogP contribution in [0.25, 0.3) is 0 Å². The maximum absolute atomic E-state index is 10.8. The minimum atomic E-state index is -0.787. The second-order valence-corrected chi connectivity index (χ2v) is 6.71. The topological polar surface area (TPSA) is 49.7 Å². The maximum atomic E-state index is 10.8. The Labute approximate surface area is 119 Å². The first-order chi connectivity index (χ1) is 9.35. The lowest BCUT2D eigenvalue weighted by molar-refractivity contribution is -0.220. The van der Waals surface area contributed by atoms with Gasteiger partial charge in [0.1, 0.15) is 5.75 Å². The zero-order valence-corrected chi connectivity index (χ0v) is 12.3. The highest BCUT2D eigenvalue weighted by molar-refractivity contribution is 5.32.